The summed E-state index contributed by atoms with van der Waals surface area (Å²) in [6.07, 6.45) is 0.117. The quantitative estimate of drug-likeness (QED) is 0.772. The zero-order chi connectivity index (χ0) is 12.3. The Morgan fingerprint density at radius 1 is 1.53 bits per heavy atom. The molecule has 2 rings (SSSR count). The fraction of sp³-hybridized carbons (Fsp3) is 0.538. The van der Waals surface area contributed by atoms with Gasteiger partial charge in [-0.15, -0.1) is 11.6 Å². The normalized spacial score (nSPS) is 21.7. The van der Waals surface area contributed by atoms with Crippen molar-refractivity contribution < 1.29 is 9.13 Å². The van der Waals surface area contributed by atoms with Crippen molar-refractivity contribution in [3.05, 3.63) is 35.1 Å². The minimum atomic E-state index is -0.174. The molecule has 2 nitrogen and oxygen atoms in total. The van der Waals surface area contributed by atoms with Crippen molar-refractivity contribution in [1.82, 2.24) is 4.90 Å². The molecule has 1 aromatic carbocycles. The van der Waals surface area contributed by atoms with Gasteiger partial charge in [-0.3, -0.25) is 4.90 Å². The average Bonchev–Trinajstić information content (AvgIpc) is 2.33. The number of ether oxygens (including phenoxy) is 1. The minimum absolute atomic E-state index is 0.117. The molecule has 17 heavy (non-hydrogen) atoms. The Hall–Kier alpha value is -0.640. The van der Waals surface area contributed by atoms with Gasteiger partial charge in [0.1, 0.15) is 5.82 Å². The number of hydrogen-bond donors (Lipinski definition) is 0. The molecule has 1 aliphatic heterocycles. The molecule has 0 aliphatic carbocycles. The Morgan fingerprint density at radius 2 is 2.35 bits per heavy atom. The molecule has 94 valence electrons. The molecule has 1 heterocycles. The number of benzene rings is 1. The molecule has 4 heteroatoms. The van der Waals surface area contributed by atoms with Gasteiger partial charge in [0.2, 0.25) is 0 Å². The molecular formula is C13H17ClFNO. The summed E-state index contributed by atoms with van der Waals surface area (Å²) >= 11 is 5.80. The maximum absolute atomic E-state index is 13.0. The van der Waals surface area contributed by atoms with E-state index in [4.69, 9.17) is 16.3 Å². The van der Waals surface area contributed by atoms with Crippen LogP contribution in [0.2, 0.25) is 0 Å². The number of rotatable bonds is 3. The summed E-state index contributed by atoms with van der Waals surface area (Å²) in [6, 6.07) is 4.95. The molecule has 0 saturated carbocycles. The van der Waals surface area contributed by atoms with E-state index in [-0.39, 0.29) is 11.9 Å². The summed E-state index contributed by atoms with van der Waals surface area (Å²) in [7, 11) is 0. The number of halogens is 2. The van der Waals surface area contributed by atoms with Gasteiger partial charge < -0.3 is 4.74 Å². The van der Waals surface area contributed by atoms with Crippen LogP contribution in [-0.4, -0.2) is 36.6 Å². The number of morpholine rings is 1. The van der Waals surface area contributed by atoms with Gasteiger partial charge in [-0.25, -0.2) is 4.39 Å². The van der Waals surface area contributed by atoms with Gasteiger partial charge in [-0.1, -0.05) is 6.07 Å². The summed E-state index contributed by atoms with van der Waals surface area (Å²) in [5.74, 6) is 0.352. The number of nitrogens with zero attached hydrogens (tertiary/aromatic N) is 1. The number of aryl methyl sites for hydroxylation is 1. The van der Waals surface area contributed by atoms with Crippen LogP contribution >= 0.6 is 11.6 Å². The van der Waals surface area contributed by atoms with Gasteiger partial charge in [-0.2, -0.15) is 0 Å². The van der Waals surface area contributed by atoms with E-state index in [9.17, 15) is 4.39 Å². The molecule has 1 saturated heterocycles. The predicted octanol–water partition coefficient (Wildman–Crippen LogP) is 2.57. The van der Waals surface area contributed by atoms with Gasteiger partial charge >= 0.3 is 0 Å². The fourth-order valence-electron chi connectivity index (χ4n) is 2.09. The van der Waals surface area contributed by atoms with Gasteiger partial charge in [0.05, 0.1) is 12.7 Å². The zero-order valence-electron chi connectivity index (χ0n) is 9.96. The second-order valence-electron chi connectivity index (χ2n) is 4.45. The lowest BCUT2D eigenvalue weighted by molar-refractivity contribution is -0.0194. The number of alkyl halides is 1. The highest BCUT2D eigenvalue weighted by Gasteiger charge is 2.19. The van der Waals surface area contributed by atoms with Crippen molar-refractivity contribution in [3.8, 4) is 0 Å². The molecule has 1 fully saturated rings. The summed E-state index contributed by atoms with van der Waals surface area (Å²) in [5.41, 5.74) is 2.17. The summed E-state index contributed by atoms with van der Waals surface area (Å²) in [5, 5.41) is 0. The molecular weight excluding hydrogens is 241 g/mol. The van der Waals surface area contributed by atoms with Crippen molar-refractivity contribution in [2.75, 3.05) is 25.6 Å². The minimum Gasteiger partial charge on any atom is -0.374 e. The predicted molar refractivity (Wildman–Crippen MR) is 66.9 cm³/mol. The van der Waals surface area contributed by atoms with Crippen molar-refractivity contribution >= 4 is 11.6 Å². The summed E-state index contributed by atoms with van der Waals surface area (Å²) in [4.78, 5) is 2.30. The number of hydrogen-bond acceptors (Lipinski definition) is 2. The van der Waals surface area contributed by atoms with Gasteiger partial charge in [0.25, 0.3) is 0 Å². The Kier molecular flexibility index (Phi) is 4.37. The van der Waals surface area contributed by atoms with Crippen LogP contribution in [0.4, 0.5) is 4.39 Å². The van der Waals surface area contributed by atoms with Crippen LogP contribution in [-0.2, 0) is 11.3 Å². The largest absolute Gasteiger partial charge is 0.374 e. The molecule has 0 spiro atoms. The highest BCUT2D eigenvalue weighted by molar-refractivity contribution is 6.18. The van der Waals surface area contributed by atoms with E-state index in [1.54, 1.807) is 6.07 Å². The lowest BCUT2D eigenvalue weighted by Gasteiger charge is -2.32. The molecule has 1 aromatic rings. The molecule has 0 amide bonds. The Morgan fingerprint density at radius 3 is 3.06 bits per heavy atom. The van der Waals surface area contributed by atoms with E-state index in [2.05, 4.69) is 4.90 Å². The first kappa shape index (κ1) is 12.8. The van der Waals surface area contributed by atoms with Gasteiger partial charge in [0.15, 0.2) is 0 Å². The van der Waals surface area contributed by atoms with E-state index in [1.807, 2.05) is 13.0 Å². The third kappa shape index (κ3) is 3.41. The Labute approximate surface area is 106 Å². The maximum atomic E-state index is 13.0. The molecule has 0 bridgehead atoms. The van der Waals surface area contributed by atoms with Crippen LogP contribution in [0.5, 0.6) is 0 Å². The highest BCUT2D eigenvalue weighted by atomic mass is 35.5. The van der Waals surface area contributed by atoms with E-state index in [0.29, 0.717) is 5.88 Å². The summed E-state index contributed by atoms with van der Waals surface area (Å²) < 4.78 is 18.5. The first-order valence-electron chi connectivity index (χ1n) is 5.84. The monoisotopic (exact) mass is 257 g/mol. The first-order chi connectivity index (χ1) is 8.19. The van der Waals surface area contributed by atoms with Crippen LogP contribution in [0.3, 0.4) is 0 Å². The molecule has 0 aromatic heterocycles. The van der Waals surface area contributed by atoms with Crippen molar-refractivity contribution in [1.29, 1.82) is 0 Å². The third-order valence-electron chi connectivity index (χ3n) is 3.09. The van der Waals surface area contributed by atoms with E-state index in [0.717, 1.165) is 31.8 Å². The maximum Gasteiger partial charge on any atom is 0.123 e. The topological polar surface area (TPSA) is 12.5 Å². The van der Waals surface area contributed by atoms with Crippen LogP contribution in [0.15, 0.2) is 18.2 Å². The fourth-order valence-corrected chi connectivity index (χ4v) is 2.28. The average molecular weight is 258 g/mol. The molecule has 1 atom stereocenters. The second-order valence-corrected chi connectivity index (χ2v) is 4.76. The van der Waals surface area contributed by atoms with E-state index in [1.165, 1.54) is 11.6 Å². The van der Waals surface area contributed by atoms with Gasteiger partial charge in [-0.05, 0) is 30.2 Å². The molecule has 0 radical (unpaired) electrons. The standard InChI is InChI=1S/C13H17ClFNO/c1-10-6-12(15)3-2-11(10)8-16-4-5-17-13(7-14)9-16/h2-3,6,13H,4-5,7-9H2,1H3. The van der Waals surface area contributed by atoms with Crippen molar-refractivity contribution in [3.63, 3.8) is 0 Å². The second kappa shape index (κ2) is 5.80. The summed E-state index contributed by atoms with van der Waals surface area (Å²) in [6.45, 7) is 5.25. The van der Waals surface area contributed by atoms with E-state index < -0.39 is 0 Å². The Balaban J connectivity index is 2.00. The van der Waals surface area contributed by atoms with Crippen LogP contribution in [0.25, 0.3) is 0 Å². The molecule has 1 unspecified atom stereocenters. The van der Waals surface area contributed by atoms with Crippen LogP contribution in [0, 0.1) is 12.7 Å². The third-order valence-corrected chi connectivity index (χ3v) is 3.44. The van der Waals surface area contributed by atoms with Gasteiger partial charge in [0, 0.05) is 25.5 Å². The smallest absolute Gasteiger partial charge is 0.123 e. The lowest BCUT2D eigenvalue weighted by Crippen LogP contribution is -2.42. The highest BCUT2D eigenvalue weighted by Crippen LogP contribution is 2.15. The SMILES string of the molecule is Cc1cc(F)ccc1CN1CCOC(CCl)C1. The van der Waals surface area contributed by atoms with E-state index >= 15 is 0 Å². The van der Waals surface area contributed by atoms with Crippen molar-refractivity contribution in [2.45, 2.75) is 19.6 Å². The van der Waals surface area contributed by atoms with Crippen LogP contribution in [0.1, 0.15) is 11.1 Å². The van der Waals surface area contributed by atoms with Crippen LogP contribution < -0.4 is 0 Å². The lowest BCUT2D eigenvalue weighted by atomic mass is 10.1. The molecule has 1 aliphatic rings. The Bertz CT molecular complexity index is 386. The van der Waals surface area contributed by atoms with Crippen molar-refractivity contribution in [2.24, 2.45) is 0 Å². The molecule has 0 N–H and O–H groups in total. The zero-order valence-corrected chi connectivity index (χ0v) is 10.7. The first-order valence-corrected chi connectivity index (χ1v) is 6.37.